The molecule has 0 spiro atoms. The summed E-state index contributed by atoms with van der Waals surface area (Å²) in [6.07, 6.45) is 17.7. The first-order valence-electron chi connectivity index (χ1n) is 13.9. The number of carbonyl (C=O) groups is 1. The Labute approximate surface area is 231 Å². The molecule has 2 atom stereocenters. The summed E-state index contributed by atoms with van der Waals surface area (Å²) in [5.74, 6) is 3.88. The number of rotatable bonds is 10. The SMILES string of the molecule is C.C.CC(C)C/C=C/C(=O)C(C)(C)C.CC(C)C/C=C/C(C)C(C)(C)C.CCC(C)/C=C/CC(C)C. The predicted octanol–water partition coefficient (Wildman–Crippen LogP) is 12.4. The minimum atomic E-state index is -0.229. The molecule has 2 unspecified atom stereocenters. The van der Waals surface area contributed by atoms with Crippen molar-refractivity contribution in [1.82, 2.24) is 0 Å². The summed E-state index contributed by atoms with van der Waals surface area (Å²) in [6, 6.07) is 0. The number of hydrogen-bond donors (Lipinski definition) is 0. The summed E-state index contributed by atoms with van der Waals surface area (Å²) in [7, 11) is 0. The number of hydrogen-bond acceptors (Lipinski definition) is 1. The van der Waals surface area contributed by atoms with E-state index in [-0.39, 0.29) is 26.1 Å². The molecular weight excluding hydrogens is 436 g/mol. The second-order valence-electron chi connectivity index (χ2n) is 13.3. The van der Waals surface area contributed by atoms with Crippen molar-refractivity contribution in [3.8, 4) is 0 Å². The van der Waals surface area contributed by atoms with Crippen molar-refractivity contribution >= 4 is 5.78 Å². The van der Waals surface area contributed by atoms with E-state index in [1.54, 1.807) is 6.08 Å². The maximum Gasteiger partial charge on any atom is 0.160 e. The van der Waals surface area contributed by atoms with Crippen LogP contribution in [-0.4, -0.2) is 5.78 Å². The van der Waals surface area contributed by atoms with Crippen molar-refractivity contribution < 1.29 is 4.79 Å². The van der Waals surface area contributed by atoms with E-state index in [0.29, 0.717) is 17.3 Å². The molecule has 0 saturated carbocycles. The Morgan fingerprint density at radius 2 is 1.00 bits per heavy atom. The highest BCUT2D eigenvalue weighted by atomic mass is 16.1. The Balaban J connectivity index is -0.000000130. The molecule has 0 aliphatic rings. The Morgan fingerprint density at radius 3 is 1.31 bits per heavy atom. The molecule has 0 N–H and O–H groups in total. The van der Waals surface area contributed by atoms with Gasteiger partial charge in [-0.05, 0) is 60.3 Å². The summed E-state index contributed by atoms with van der Waals surface area (Å²) < 4.78 is 0. The van der Waals surface area contributed by atoms with Crippen LogP contribution in [0.15, 0.2) is 36.5 Å². The second kappa shape index (κ2) is 24.2. The van der Waals surface area contributed by atoms with Crippen LogP contribution in [0, 0.1) is 40.4 Å². The lowest BCUT2D eigenvalue weighted by atomic mass is 9.82. The lowest BCUT2D eigenvalue weighted by Gasteiger charge is -2.24. The maximum absolute atomic E-state index is 11.4. The van der Waals surface area contributed by atoms with Gasteiger partial charge in [-0.25, -0.2) is 0 Å². The van der Waals surface area contributed by atoms with E-state index in [0.717, 1.165) is 24.2 Å². The van der Waals surface area contributed by atoms with Crippen molar-refractivity contribution in [2.45, 2.75) is 144 Å². The highest BCUT2D eigenvalue weighted by molar-refractivity contribution is 5.93. The molecule has 36 heavy (non-hydrogen) atoms. The number of carbonyl (C=O) groups excluding carboxylic acids is 1. The minimum absolute atomic E-state index is 0. The average molecular weight is 509 g/mol. The quantitative estimate of drug-likeness (QED) is 0.212. The molecule has 0 aromatic rings. The van der Waals surface area contributed by atoms with Gasteiger partial charge >= 0.3 is 0 Å². The van der Waals surface area contributed by atoms with Crippen molar-refractivity contribution in [1.29, 1.82) is 0 Å². The molecule has 1 nitrogen and oxygen atoms in total. The first-order chi connectivity index (χ1) is 15.3. The monoisotopic (exact) mass is 509 g/mol. The van der Waals surface area contributed by atoms with Crippen LogP contribution in [0.4, 0.5) is 0 Å². The Bertz CT molecular complexity index is 558. The molecule has 0 aromatic heterocycles. The molecule has 1 heteroatoms. The molecule has 0 saturated heterocycles. The van der Waals surface area contributed by atoms with Crippen LogP contribution in [0.3, 0.4) is 0 Å². The van der Waals surface area contributed by atoms with Gasteiger partial charge in [-0.3, -0.25) is 4.79 Å². The summed E-state index contributed by atoms with van der Waals surface area (Å²) in [4.78, 5) is 11.4. The van der Waals surface area contributed by atoms with Crippen LogP contribution in [0.25, 0.3) is 0 Å². The third kappa shape index (κ3) is 35.1. The van der Waals surface area contributed by atoms with Crippen molar-refractivity contribution in [3.63, 3.8) is 0 Å². The highest BCUT2D eigenvalue weighted by Crippen LogP contribution is 2.26. The van der Waals surface area contributed by atoms with Gasteiger partial charge in [0.2, 0.25) is 0 Å². The first kappa shape index (κ1) is 44.9. The molecule has 0 bridgehead atoms. The van der Waals surface area contributed by atoms with E-state index in [4.69, 9.17) is 0 Å². The highest BCUT2D eigenvalue weighted by Gasteiger charge is 2.17. The van der Waals surface area contributed by atoms with Gasteiger partial charge in [-0.15, -0.1) is 0 Å². The fraction of sp³-hybridized carbons (Fsp3) is 0.800. The lowest BCUT2D eigenvalue weighted by molar-refractivity contribution is -0.121. The molecule has 0 rings (SSSR count). The van der Waals surface area contributed by atoms with Crippen LogP contribution < -0.4 is 0 Å². The minimum Gasteiger partial charge on any atom is -0.294 e. The Hall–Kier alpha value is -1.11. The molecule has 0 heterocycles. The van der Waals surface area contributed by atoms with Gasteiger partial charge in [-0.2, -0.15) is 0 Å². The molecule has 0 aliphatic heterocycles. The standard InChI is InChI=1S/C12H24.C11H20O.C10H20.2CH4/c1-10(2)8-7-9-11(3)12(4,5)6;1-9(2)7-6-8-10(12)11(3,4)5;1-5-10(4)8-6-7-9(2)3;;/h7,9-11H,8H2,1-6H3;6,8-9H,7H2,1-5H3;6,8-10H,5,7H2,1-4H3;2*1H4/b9-7+;2*8-6+;;. The molecule has 0 fully saturated rings. The average Bonchev–Trinajstić information content (AvgIpc) is 2.66. The van der Waals surface area contributed by atoms with Gasteiger partial charge in [0.25, 0.3) is 0 Å². The zero-order valence-corrected chi connectivity index (χ0v) is 26.1. The Kier molecular flexibility index (Phi) is 30.2. The fourth-order valence-corrected chi connectivity index (χ4v) is 2.26. The molecule has 218 valence electrons. The largest absolute Gasteiger partial charge is 0.294 e. The third-order valence-corrected chi connectivity index (χ3v) is 5.73. The topological polar surface area (TPSA) is 17.1 Å². The maximum atomic E-state index is 11.4. The molecule has 0 aliphatic carbocycles. The molecule has 0 aromatic carbocycles. The van der Waals surface area contributed by atoms with E-state index in [1.165, 1.54) is 19.3 Å². The molecule has 0 amide bonds. The van der Waals surface area contributed by atoms with Crippen molar-refractivity contribution in [3.05, 3.63) is 36.5 Å². The summed E-state index contributed by atoms with van der Waals surface area (Å²) in [5, 5.41) is 0. The number of allylic oxidation sites excluding steroid dienone is 6. The van der Waals surface area contributed by atoms with Crippen LogP contribution in [0.5, 0.6) is 0 Å². The number of ketones is 1. The normalized spacial score (nSPS) is 13.7. The van der Waals surface area contributed by atoms with E-state index >= 15 is 0 Å². The van der Waals surface area contributed by atoms with Crippen molar-refractivity contribution in [2.75, 3.05) is 0 Å². The van der Waals surface area contributed by atoms with Gasteiger partial charge < -0.3 is 0 Å². The third-order valence-electron chi connectivity index (χ3n) is 5.73. The van der Waals surface area contributed by atoms with Gasteiger partial charge in [0, 0.05) is 5.41 Å². The predicted molar refractivity (Wildman–Crippen MR) is 172 cm³/mol. The molecular formula is C35H72O. The fourth-order valence-electron chi connectivity index (χ4n) is 2.26. The van der Waals surface area contributed by atoms with Gasteiger partial charge in [-0.1, -0.05) is 156 Å². The summed E-state index contributed by atoms with van der Waals surface area (Å²) in [5.41, 5.74) is 0.182. The first-order valence-corrected chi connectivity index (χ1v) is 13.9. The van der Waals surface area contributed by atoms with Crippen LogP contribution >= 0.6 is 0 Å². The van der Waals surface area contributed by atoms with E-state index < -0.39 is 0 Å². The summed E-state index contributed by atoms with van der Waals surface area (Å²) >= 11 is 0. The van der Waals surface area contributed by atoms with Crippen molar-refractivity contribution in [2.24, 2.45) is 40.4 Å². The van der Waals surface area contributed by atoms with E-state index in [1.807, 2.05) is 26.8 Å². The smallest absolute Gasteiger partial charge is 0.160 e. The zero-order valence-electron chi connectivity index (χ0n) is 26.1. The summed E-state index contributed by atoms with van der Waals surface area (Å²) in [6.45, 7) is 32.8. The molecule has 0 radical (unpaired) electrons. The van der Waals surface area contributed by atoms with Crippen LogP contribution in [0.1, 0.15) is 144 Å². The van der Waals surface area contributed by atoms with Crippen LogP contribution in [0.2, 0.25) is 0 Å². The van der Waals surface area contributed by atoms with E-state index in [2.05, 4.69) is 107 Å². The van der Waals surface area contributed by atoms with Gasteiger partial charge in [0.15, 0.2) is 5.78 Å². The lowest BCUT2D eigenvalue weighted by Crippen LogP contribution is -2.17. The van der Waals surface area contributed by atoms with E-state index in [9.17, 15) is 4.79 Å². The van der Waals surface area contributed by atoms with Gasteiger partial charge in [0.05, 0.1) is 0 Å². The Morgan fingerprint density at radius 1 is 0.639 bits per heavy atom. The van der Waals surface area contributed by atoms with Crippen LogP contribution in [-0.2, 0) is 4.79 Å². The van der Waals surface area contributed by atoms with Gasteiger partial charge in [0.1, 0.15) is 0 Å². The second-order valence-corrected chi connectivity index (χ2v) is 13.3. The zero-order chi connectivity index (χ0) is 27.5.